The van der Waals surface area contributed by atoms with Crippen LogP contribution in [0.1, 0.15) is 5.56 Å². The minimum Gasteiger partial charge on any atom is -0.336 e. The summed E-state index contributed by atoms with van der Waals surface area (Å²) in [5.41, 5.74) is 1.26. The number of nitrogens with zero attached hydrogens (tertiary/aromatic N) is 3. The van der Waals surface area contributed by atoms with Crippen LogP contribution in [0.25, 0.3) is 0 Å². The predicted octanol–water partition coefficient (Wildman–Crippen LogP) is 1.07. The van der Waals surface area contributed by atoms with Crippen LogP contribution < -0.4 is 5.32 Å². The molecule has 4 heteroatoms. The zero-order chi connectivity index (χ0) is 10.3. The van der Waals surface area contributed by atoms with E-state index in [2.05, 4.69) is 19.9 Å². The Kier molecular flexibility index (Phi) is 3.46. The Bertz CT molecular complexity index is 369. The van der Waals surface area contributed by atoms with Gasteiger partial charge in [0.05, 0.1) is 6.33 Å². The van der Waals surface area contributed by atoms with Gasteiger partial charge in [0.25, 0.3) is 0 Å². The third kappa shape index (κ3) is 3.18. The molecule has 0 radical (unpaired) electrons. The van der Waals surface area contributed by atoms with E-state index in [0.717, 1.165) is 19.6 Å². The van der Waals surface area contributed by atoms with E-state index < -0.39 is 0 Å². The van der Waals surface area contributed by atoms with Crippen LogP contribution in [0, 0.1) is 0 Å². The van der Waals surface area contributed by atoms with Gasteiger partial charge in [-0.25, -0.2) is 4.98 Å². The summed E-state index contributed by atoms with van der Waals surface area (Å²) in [6.07, 6.45) is 9.21. The molecule has 2 rings (SSSR count). The topological polar surface area (TPSA) is 42.7 Å². The summed E-state index contributed by atoms with van der Waals surface area (Å²) >= 11 is 0. The van der Waals surface area contributed by atoms with Crippen molar-refractivity contribution >= 4 is 0 Å². The number of aromatic nitrogens is 3. The van der Waals surface area contributed by atoms with E-state index >= 15 is 0 Å². The average Bonchev–Trinajstić information content (AvgIpc) is 2.79. The summed E-state index contributed by atoms with van der Waals surface area (Å²) in [4.78, 5) is 7.96. The number of pyridine rings is 1. The zero-order valence-electron chi connectivity index (χ0n) is 8.50. The fourth-order valence-corrected chi connectivity index (χ4v) is 1.36. The zero-order valence-corrected chi connectivity index (χ0v) is 8.50. The van der Waals surface area contributed by atoms with Gasteiger partial charge in [-0.15, -0.1) is 0 Å². The molecule has 0 saturated carbocycles. The van der Waals surface area contributed by atoms with Crippen LogP contribution in [0.4, 0.5) is 0 Å². The van der Waals surface area contributed by atoms with Crippen molar-refractivity contribution < 1.29 is 0 Å². The van der Waals surface area contributed by atoms with Gasteiger partial charge in [-0.3, -0.25) is 4.98 Å². The molecule has 15 heavy (non-hydrogen) atoms. The molecule has 0 unspecified atom stereocenters. The van der Waals surface area contributed by atoms with Crippen LogP contribution in [0.3, 0.4) is 0 Å². The molecule has 0 fully saturated rings. The molecule has 0 atom stereocenters. The van der Waals surface area contributed by atoms with E-state index in [0.29, 0.717) is 0 Å². The Hall–Kier alpha value is -1.68. The molecule has 0 spiro atoms. The average molecular weight is 202 g/mol. The third-order valence-corrected chi connectivity index (χ3v) is 2.18. The monoisotopic (exact) mass is 202 g/mol. The molecule has 0 aliphatic heterocycles. The Balaban J connectivity index is 1.68. The smallest absolute Gasteiger partial charge is 0.0946 e. The standard InChI is InChI=1S/C11H14N4/c1-3-12-4-2-11(1)9-13-5-7-15-8-6-14-10-15/h1-4,6,8,10,13H,5,7,9H2. The van der Waals surface area contributed by atoms with E-state index in [4.69, 9.17) is 0 Å². The van der Waals surface area contributed by atoms with Gasteiger partial charge in [0.15, 0.2) is 0 Å². The Morgan fingerprint density at radius 3 is 2.73 bits per heavy atom. The van der Waals surface area contributed by atoms with Crippen LogP contribution >= 0.6 is 0 Å². The molecule has 1 N–H and O–H groups in total. The molecule has 0 aliphatic rings. The molecular weight excluding hydrogens is 188 g/mol. The Morgan fingerprint density at radius 2 is 2.00 bits per heavy atom. The van der Waals surface area contributed by atoms with Gasteiger partial charge in [-0.1, -0.05) is 0 Å². The number of hydrogen-bond acceptors (Lipinski definition) is 3. The van der Waals surface area contributed by atoms with Crippen molar-refractivity contribution in [2.24, 2.45) is 0 Å². The first-order chi connectivity index (χ1) is 7.45. The molecule has 4 nitrogen and oxygen atoms in total. The van der Waals surface area contributed by atoms with Gasteiger partial charge in [0, 0.05) is 44.4 Å². The van der Waals surface area contributed by atoms with E-state index in [1.165, 1.54) is 5.56 Å². The largest absolute Gasteiger partial charge is 0.336 e. The number of nitrogens with one attached hydrogen (secondary N) is 1. The maximum absolute atomic E-state index is 3.99. The molecule has 2 aromatic rings. The van der Waals surface area contributed by atoms with Crippen LogP contribution in [0.2, 0.25) is 0 Å². The first kappa shape index (κ1) is 9.86. The molecule has 0 saturated heterocycles. The highest BCUT2D eigenvalue weighted by molar-refractivity contribution is 5.08. The normalized spacial score (nSPS) is 10.4. The highest BCUT2D eigenvalue weighted by atomic mass is 15.0. The van der Waals surface area contributed by atoms with E-state index in [1.807, 2.05) is 37.1 Å². The molecule has 2 aromatic heterocycles. The van der Waals surface area contributed by atoms with Crippen molar-refractivity contribution in [1.29, 1.82) is 0 Å². The van der Waals surface area contributed by atoms with Gasteiger partial charge in [0.1, 0.15) is 0 Å². The molecule has 0 aliphatic carbocycles. The summed E-state index contributed by atoms with van der Waals surface area (Å²) in [5, 5.41) is 3.36. The summed E-state index contributed by atoms with van der Waals surface area (Å²) in [7, 11) is 0. The summed E-state index contributed by atoms with van der Waals surface area (Å²) < 4.78 is 2.06. The third-order valence-electron chi connectivity index (χ3n) is 2.18. The summed E-state index contributed by atoms with van der Waals surface area (Å²) in [6.45, 7) is 2.78. The molecular formula is C11H14N4. The highest BCUT2D eigenvalue weighted by Crippen LogP contribution is 1.94. The SMILES string of the molecule is c1cc(CNCCn2ccnc2)ccn1. The minimum absolute atomic E-state index is 0.886. The lowest BCUT2D eigenvalue weighted by molar-refractivity contribution is 0.597. The molecule has 0 amide bonds. The van der Waals surface area contributed by atoms with Crippen molar-refractivity contribution in [3.05, 3.63) is 48.8 Å². The van der Waals surface area contributed by atoms with Gasteiger partial charge < -0.3 is 9.88 Å². The van der Waals surface area contributed by atoms with Crippen molar-refractivity contribution in [1.82, 2.24) is 19.9 Å². The number of hydrogen-bond donors (Lipinski definition) is 1. The van der Waals surface area contributed by atoms with Gasteiger partial charge >= 0.3 is 0 Å². The molecule has 0 aromatic carbocycles. The summed E-state index contributed by atoms with van der Waals surface area (Å²) in [6, 6.07) is 4.04. The first-order valence-corrected chi connectivity index (χ1v) is 5.00. The number of imidazole rings is 1. The van der Waals surface area contributed by atoms with Crippen molar-refractivity contribution in [3.8, 4) is 0 Å². The van der Waals surface area contributed by atoms with Crippen LogP contribution in [0.15, 0.2) is 43.2 Å². The quantitative estimate of drug-likeness (QED) is 0.737. The lowest BCUT2D eigenvalue weighted by Gasteiger charge is -2.04. The fraction of sp³-hybridized carbons (Fsp3) is 0.273. The molecule has 78 valence electrons. The second kappa shape index (κ2) is 5.26. The second-order valence-electron chi connectivity index (χ2n) is 3.33. The summed E-state index contributed by atoms with van der Waals surface area (Å²) in [5.74, 6) is 0. The molecule has 2 heterocycles. The maximum atomic E-state index is 3.99. The predicted molar refractivity (Wildman–Crippen MR) is 58.2 cm³/mol. The van der Waals surface area contributed by atoms with E-state index in [1.54, 1.807) is 6.20 Å². The minimum atomic E-state index is 0.886. The molecule has 0 bridgehead atoms. The van der Waals surface area contributed by atoms with Crippen molar-refractivity contribution in [3.63, 3.8) is 0 Å². The van der Waals surface area contributed by atoms with Crippen LogP contribution in [-0.4, -0.2) is 21.1 Å². The van der Waals surface area contributed by atoms with Crippen LogP contribution in [0.5, 0.6) is 0 Å². The Morgan fingerprint density at radius 1 is 1.13 bits per heavy atom. The van der Waals surface area contributed by atoms with Crippen molar-refractivity contribution in [2.75, 3.05) is 6.54 Å². The first-order valence-electron chi connectivity index (χ1n) is 5.00. The van der Waals surface area contributed by atoms with Gasteiger partial charge in [0.2, 0.25) is 0 Å². The van der Waals surface area contributed by atoms with Crippen molar-refractivity contribution in [2.45, 2.75) is 13.1 Å². The van der Waals surface area contributed by atoms with Crippen LogP contribution in [-0.2, 0) is 13.1 Å². The van der Waals surface area contributed by atoms with E-state index in [9.17, 15) is 0 Å². The van der Waals surface area contributed by atoms with E-state index in [-0.39, 0.29) is 0 Å². The maximum Gasteiger partial charge on any atom is 0.0946 e. The lowest BCUT2D eigenvalue weighted by atomic mass is 10.3. The second-order valence-corrected chi connectivity index (χ2v) is 3.33. The lowest BCUT2D eigenvalue weighted by Crippen LogP contribution is -2.18. The van der Waals surface area contributed by atoms with Gasteiger partial charge in [-0.05, 0) is 17.7 Å². The fourth-order valence-electron chi connectivity index (χ4n) is 1.36. The Labute approximate surface area is 89.0 Å². The number of rotatable bonds is 5. The van der Waals surface area contributed by atoms with Gasteiger partial charge in [-0.2, -0.15) is 0 Å². The highest BCUT2D eigenvalue weighted by Gasteiger charge is 1.91.